The summed E-state index contributed by atoms with van der Waals surface area (Å²) in [5, 5.41) is 3.85. The van der Waals surface area contributed by atoms with Crippen molar-refractivity contribution >= 4 is 28.3 Å². The number of benzene rings is 2. The number of hydrogen-bond donors (Lipinski definition) is 1. The van der Waals surface area contributed by atoms with E-state index in [1.807, 2.05) is 30.3 Å². The van der Waals surface area contributed by atoms with Crippen LogP contribution in [0.4, 0.5) is 0 Å². The van der Waals surface area contributed by atoms with Gasteiger partial charge < -0.3 is 14.6 Å². The molecule has 6 rings (SSSR count). The van der Waals surface area contributed by atoms with Gasteiger partial charge in [-0.2, -0.15) is 0 Å². The average Bonchev–Trinajstić information content (AvgIpc) is 3.54. The van der Waals surface area contributed by atoms with Crippen molar-refractivity contribution in [3.05, 3.63) is 107 Å². The summed E-state index contributed by atoms with van der Waals surface area (Å²) in [6, 6.07) is 19.7. The lowest BCUT2D eigenvalue weighted by Gasteiger charge is -2.35. The third kappa shape index (κ3) is 3.88. The summed E-state index contributed by atoms with van der Waals surface area (Å²) in [5.41, 5.74) is 7.56. The maximum absolute atomic E-state index is 13.8. The van der Waals surface area contributed by atoms with E-state index in [0.29, 0.717) is 30.7 Å². The highest BCUT2D eigenvalue weighted by molar-refractivity contribution is 6.00. The lowest BCUT2D eigenvalue weighted by atomic mass is 9.92. The zero-order valence-corrected chi connectivity index (χ0v) is 20.2. The Bertz CT molecular complexity index is 1520. The highest BCUT2D eigenvalue weighted by Crippen LogP contribution is 2.40. The Balaban J connectivity index is 1.24. The van der Waals surface area contributed by atoms with Gasteiger partial charge in [-0.05, 0) is 64.9 Å². The molecule has 180 valence electrons. The van der Waals surface area contributed by atoms with E-state index < -0.39 is 6.04 Å². The Morgan fingerprint density at radius 2 is 1.97 bits per heavy atom. The number of furan rings is 1. The second-order valence-electron chi connectivity index (χ2n) is 9.47. The number of hydrogen-bond acceptors (Lipinski definition) is 4. The normalized spacial score (nSPS) is 16.7. The number of likely N-dealkylation sites (N-methyl/N-ethyl adjacent to an activating group) is 1. The number of pyridine rings is 1. The van der Waals surface area contributed by atoms with E-state index in [1.165, 1.54) is 22.3 Å². The Labute approximate surface area is 209 Å². The first kappa shape index (κ1) is 22.3. The molecule has 0 bridgehead atoms. The SMILES string of the molecule is CNC(=O)[C@H]1CC2=C(Cc3ccccc32)CN1C(=O)c1ccoc1CCc1ccc2ncccc2c1. The van der Waals surface area contributed by atoms with E-state index in [9.17, 15) is 9.59 Å². The molecule has 0 fully saturated rings. The molecule has 1 aliphatic heterocycles. The van der Waals surface area contributed by atoms with Crippen LogP contribution in [-0.2, 0) is 24.1 Å². The summed E-state index contributed by atoms with van der Waals surface area (Å²) in [6.45, 7) is 0.448. The molecule has 2 aromatic carbocycles. The van der Waals surface area contributed by atoms with Crippen LogP contribution in [0.1, 0.15) is 39.2 Å². The predicted octanol–water partition coefficient (Wildman–Crippen LogP) is 4.58. The maximum Gasteiger partial charge on any atom is 0.258 e. The highest BCUT2D eigenvalue weighted by Gasteiger charge is 2.39. The average molecular weight is 478 g/mol. The minimum atomic E-state index is -0.553. The van der Waals surface area contributed by atoms with Crippen LogP contribution in [-0.4, -0.2) is 41.3 Å². The molecule has 36 heavy (non-hydrogen) atoms. The largest absolute Gasteiger partial charge is 0.468 e. The number of carbonyl (C=O) groups is 2. The fraction of sp³-hybridized carbons (Fsp3) is 0.233. The third-order valence-electron chi connectivity index (χ3n) is 7.40. The summed E-state index contributed by atoms with van der Waals surface area (Å²) >= 11 is 0. The summed E-state index contributed by atoms with van der Waals surface area (Å²) in [4.78, 5) is 32.8. The van der Waals surface area contributed by atoms with Gasteiger partial charge in [-0.25, -0.2) is 0 Å². The van der Waals surface area contributed by atoms with E-state index in [-0.39, 0.29) is 11.8 Å². The van der Waals surface area contributed by atoms with Gasteiger partial charge in [0, 0.05) is 38.0 Å². The molecule has 0 spiro atoms. The fourth-order valence-electron chi connectivity index (χ4n) is 5.55. The van der Waals surface area contributed by atoms with Gasteiger partial charge in [-0.3, -0.25) is 14.6 Å². The number of aromatic nitrogens is 1. The number of nitrogens with zero attached hydrogens (tertiary/aromatic N) is 2. The second-order valence-corrected chi connectivity index (χ2v) is 9.47. The number of nitrogens with one attached hydrogen (secondary N) is 1. The molecule has 2 aliphatic rings. The van der Waals surface area contributed by atoms with Crippen LogP contribution in [0.3, 0.4) is 0 Å². The zero-order chi connectivity index (χ0) is 24.6. The lowest BCUT2D eigenvalue weighted by molar-refractivity contribution is -0.125. The molecule has 0 saturated heterocycles. The van der Waals surface area contributed by atoms with E-state index in [2.05, 4.69) is 34.6 Å². The first-order valence-electron chi connectivity index (χ1n) is 12.3. The van der Waals surface area contributed by atoms with Gasteiger partial charge in [0.25, 0.3) is 5.91 Å². The third-order valence-corrected chi connectivity index (χ3v) is 7.40. The van der Waals surface area contributed by atoms with Gasteiger partial charge in [0.15, 0.2) is 0 Å². The Hall–Kier alpha value is -4.19. The summed E-state index contributed by atoms with van der Waals surface area (Å²) < 4.78 is 5.77. The van der Waals surface area contributed by atoms with E-state index in [1.54, 1.807) is 30.5 Å². The molecular formula is C30H27N3O3. The van der Waals surface area contributed by atoms with Crippen LogP contribution < -0.4 is 5.32 Å². The minimum Gasteiger partial charge on any atom is -0.468 e. The van der Waals surface area contributed by atoms with Crippen molar-refractivity contribution in [2.24, 2.45) is 0 Å². The monoisotopic (exact) mass is 477 g/mol. The van der Waals surface area contributed by atoms with Crippen molar-refractivity contribution in [2.75, 3.05) is 13.6 Å². The summed E-state index contributed by atoms with van der Waals surface area (Å²) in [6.07, 6.45) is 6.04. The van der Waals surface area contributed by atoms with E-state index in [0.717, 1.165) is 29.3 Å². The molecule has 2 aromatic heterocycles. The Kier molecular flexibility index (Phi) is 5.64. The van der Waals surface area contributed by atoms with Crippen LogP contribution in [0, 0.1) is 0 Å². The molecule has 4 aromatic rings. The number of amides is 2. The fourth-order valence-corrected chi connectivity index (χ4v) is 5.55. The van der Waals surface area contributed by atoms with Gasteiger partial charge in [0.05, 0.1) is 17.3 Å². The molecule has 0 saturated carbocycles. The molecule has 1 atom stereocenters. The standard InChI is InChI=1S/C30H27N3O3/c1-31-29(34)27-17-25-22(16-20-5-2-3-7-23(20)25)18-33(27)30(35)24-12-14-36-28(24)11-9-19-8-10-26-21(15-19)6-4-13-32-26/h2-8,10,12-15,27H,9,11,16-18H2,1H3,(H,31,34)/t27-/m1/s1. The quantitative estimate of drug-likeness (QED) is 0.457. The van der Waals surface area contributed by atoms with Crippen LogP contribution in [0.5, 0.6) is 0 Å². The first-order chi connectivity index (χ1) is 17.6. The summed E-state index contributed by atoms with van der Waals surface area (Å²) in [5.74, 6) is 0.350. The van der Waals surface area contributed by atoms with Crippen molar-refractivity contribution in [2.45, 2.75) is 31.7 Å². The number of carbonyl (C=O) groups excluding carboxylic acids is 2. The maximum atomic E-state index is 13.8. The molecule has 1 N–H and O–H groups in total. The van der Waals surface area contributed by atoms with Crippen molar-refractivity contribution in [3.63, 3.8) is 0 Å². The van der Waals surface area contributed by atoms with E-state index in [4.69, 9.17) is 4.42 Å². The van der Waals surface area contributed by atoms with Crippen LogP contribution in [0.25, 0.3) is 16.5 Å². The molecule has 0 unspecified atom stereocenters. The highest BCUT2D eigenvalue weighted by atomic mass is 16.3. The topological polar surface area (TPSA) is 75.4 Å². The number of aryl methyl sites for hydroxylation is 2. The Morgan fingerprint density at radius 1 is 1.08 bits per heavy atom. The minimum absolute atomic E-state index is 0.144. The van der Waals surface area contributed by atoms with Crippen LogP contribution in [0.2, 0.25) is 0 Å². The van der Waals surface area contributed by atoms with Gasteiger partial charge >= 0.3 is 0 Å². The van der Waals surface area contributed by atoms with Crippen molar-refractivity contribution in [3.8, 4) is 0 Å². The number of rotatable bonds is 5. The zero-order valence-electron chi connectivity index (χ0n) is 20.2. The van der Waals surface area contributed by atoms with E-state index >= 15 is 0 Å². The van der Waals surface area contributed by atoms with Gasteiger partial charge in [0.2, 0.25) is 5.91 Å². The molecule has 1 aliphatic carbocycles. The molecule has 0 radical (unpaired) electrons. The predicted molar refractivity (Wildman–Crippen MR) is 138 cm³/mol. The lowest BCUT2D eigenvalue weighted by Crippen LogP contribution is -2.51. The van der Waals surface area contributed by atoms with Crippen molar-refractivity contribution < 1.29 is 14.0 Å². The first-order valence-corrected chi connectivity index (χ1v) is 12.3. The van der Waals surface area contributed by atoms with Crippen molar-refractivity contribution in [1.82, 2.24) is 15.2 Å². The molecule has 2 amide bonds. The van der Waals surface area contributed by atoms with Crippen LogP contribution >= 0.6 is 0 Å². The molecule has 6 heteroatoms. The van der Waals surface area contributed by atoms with Gasteiger partial charge in [-0.15, -0.1) is 0 Å². The number of fused-ring (bicyclic) bond motifs is 3. The van der Waals surface area contributed by atoms with Crippen molar-refractivity contribution in [1.29, 1.82) is 0 Å². The summed E-state index contributed by atoms with van der Waals surface area (Å²) in [7, 11) is 1.62. The molecular weight excluding hydrogens is 450 g/mol. The second kappa shape index (κ2) is 9.11. The molecule has 3 heterocycles. The molecule has 6 nitrogen and oxygen atoms in total. The Morgan fingerprint density at radius 3 is 2.86 bits per heavy atom. The smallest absolute Gasteiger partial charge is 0.258 e. The van der Waals surface area contributed by atoms with Crippen LogP contribution in [0.15, 0.2) is 83.1 Å². The van der Waals surface area contributed by atoms with Gasteiger partial charge in [0.1, 0.15) is 11.8 Å². The van der Waals surface area contributed by atoms with Gasteiger partial charge in [-0.1, -0.05) is 36.4 Å².